The van der Waals surface area contributed by atoms with Crippen LogP contribution >= 0.6 is 11.6 Å². The Labute approximate surface area is 153 Å². The lowest BCUT2D eigenvalue weighted by atomic mass is 9.90. The third-order valence-electron chi connectivity index (χ3n) is 4.20. The van der Waals surface area contributed by atoms with Gasteiger partial charge in [-0.15, -0.1) is 0 Å². The predicted octanol–water partition coefficient (Wildman–Crippen LogP) is 3.61. The molecule has 2 rings (SSSR count). The van der Waals surface area contributed by atoms with Crippen molar-refractivity contribution in [1.29, 1.82) is 0 Å². The average molecular weight is 359 g/mol. The number of hydrogen-bond acceptors (Lipinski definition) is 2. The molecule has 0 aliphatic rings. The molecule has 2 aromatic rings. The molecule has 0 saturated carbocycles. The van der Waals surface area contributed by atoms with Gasteiger partial charge >= 0.3 is 0 Å². The highest BCUT2D eigenvalue weighted by Gasteiger charge is 2.35. The van der Waals surface area contributed by atoms with Crippen LogP contribution < -0.4 is 10.6 Å². The van der Waals surface area contributed by atoms with Crippen LogP contribution in [0.3, 0.4) is 0 Å². The van der Waals surface area contributed by atoms with Crippen molar-refractivity contribution >= 4 is 23.4 Å². The van der Waals surface area contributed by atoms with Gasteiger partial charge in [-0.1, -0.05) is 48.0 Å². The van der Waals surface area contributed by atoms with Crippen LogP contribution in [0, 0.1) is 12.3 Å². The standard InChI is InChI=1S/C20H23ClN2O2/c1-14-6-4-5-7-16(14)13-23-19(25)20(2,3)18(24)22-12-15-8-10-17(21)11-9-15/h4-11H,12-13H2,1-3H3,(H,22,24)(H,23,25). The molecule has 0 heterocycles. The van der Waals surface area contributed by atoms with E-state index < -0.39 is 5.41 Å². The third kappa shape index (κ3) is 5.07. The van der Waals surface area contributed by atoms with E-state index in [2.05, 4.69) is 10.6 Å². The molecule has 2 amide bonds. The smallest absolute Gasteiger partial charge is 0.235 e. The number of benzene rings is 2. The largest absolute Gasteiger partial charge is 0.351 e. The molecule has 0 atom stereocenters. The lowest BCUT2D eigenvalue weighted by Crippen LogP contribution is -2.47. The monoisotopic (exact) mass is 358 g/mol. The number of rotatable bonds is 6. The maximum absolute atomic E-state index is 12.5. The zero-order valence-corrected chi connectivity index (χ0v) is 15.5. The molecular weight excluding hydrogens is 336 g/mol. The third-order valence-corrected chi connectivity index (χ3v) is 4.45. The van der Waals surface area contributed by atoms with Crippen LogP contribution in [0.15, 0.2) is 48.5 Å². The fraction of sp³-hybridized carbons (Fsp3) is 0.300. The van der Waals surface area contributed by atoms with Crippen LogP contribution in [0.1, 0.15) is 30.5 Å². The molecule has 4 nitrogen and oxygen atoms in total. The van der Waals surface area contributed by atoms with Gasteiger partial charge in [-0.25, -0.2) is 0 Å². The minimum Gasteiger partial charge on any atom is -0.351 e. The van der Waals surface area contributed by atoms with Crippen molar-refractivity contribution < 1.29 is 9.59 Å². The maximum Gasteiger partial charge on any atom is 0.235 e. The van der Waals surface area contributed by atoms with Crippen molar-refractivity contribution in [3.8, 4) is 0 Å². The van der Waals surface area contributed by atoms with Gasteiger partial charge in [0.1, 0.15) is 5.41 Å². The summed E-state index contributed by atoms with van der Waals surface area (Å²) in [6, 6.07) is 15.1. The lowest BCUT2D eigenvalue weighted by Gasteiger charge is -2.23. The van der Waals surface area contributed by atoms with Gasteiger partial charge in [0.15, 0.2) is 0 Å². The number of carbonyl (C=O) groups is 2. The quantitative estimate of drug-likeness (QED) is 0.775. The SMILES string of the molecule is Cc1ccccc1CNC(=O)C(C)(C)C(=O)NCc1ccc(Cl)cc1. The fourth-order valence-electron chi connectivity index (χ4n) is 2.31. The van der Waals surface area contributed by atoms with E-state index in [9.17, 15) is 9.59 Å². The van der Waals surface area contributed by atoms with Gasteiger partial charge < -0.3 is 10.6 Å². The zero-order chi connectivity index (χ0) is 18.4. The van der Waals surface area contributed by atoms with Gasteiger partial charge in [-0.3, -0.25) is 9.59 Å². The van der Waals surface area contributed by atoms with Crippen LogP contribution in [0.5, 0.6) is 0 Å². The first kappa shape index (κ1) is 19.0. The molecule has 0 radical (unpaired) electrons. The number of halogens is 1. The first-order valence-electron chi connectivity index (χ1n) is 8.16. The molecule has 0 bridgehead atoms. The molecule has 2 aromatic carbocycles. The summed E-state index contributed by atoms with van der Waals surface area (Å²) in [5, 5.41) is 6.30. The summed E-state index contributed by atoms with van der Waals surface area (Å²) in [7, 11) is 0. The van der Waals surface area contributed by atoms with E-state index >= 15 is 0 Å². The van der Waals surface area contributed by atoms with Crippen LogP contribution in [0.25, 0.3) is 0 Å². The molecule has 0 fully saturated rings. The second-order valence-corrected chi connectivity index (χ2v) is 6.98. The van der Waals surface area contributed by atoms with E-state index in [1.165, 1.54) is 0 Å². The highest BCUT2D eigenvalue weighted by Crippen LogP contribution is 2.17. The summed E-state index contributed by atoms with van der Waals surface area (Å²) in [5.41, 5.74) is 1.91. The summed E-state index contributed by atoms with van der Waals surface area (Å²) in [6.07, 6.45) is 0. The predicted molar refractivity (Wildman–Crippen MR) is 100 cm³/mol. The lowest BCUT2D eigenvalue weighted by molar-refractivity contribution is -0.141. The summed E-state index contributed by atoms with van der Waals surface area (Å²) in [5.74, 6) is -0.617. The van der Waals surface area contributed by atoms with Crippen LogP contribution in [-0.4, -0.2) is 11.8 Å². The minimum absolute atomic E-state index is 0.302. The molecule has 0 saturated heterocycles. The zero-order valence-electron chi connectivity index (χ0n) is 14.7. The molecule has 25 heavy (non-hydrogen) atoms. The molecular formula is C20H23ClN2O2. The van der Waals surface area contributed by atoms with E-state index in [0.717, 1.165) is 16.7 Å². The Morgan fingerprint density at radius 1 is 0.920 bits per heavy atom. The van der Waals surface area contributed by atoms with E-state index in [1.54, 1.807) is 26.0 Å². The molecule has 0 aliphatic heterocycles. The summed E-state index contributed by atoms with van der Waals surface area (Å²) < 4.78 is 0. The second-order valence-electron chi connectivity index (χ2n) is 6.54. The summed E-state index contributed by atoms with van der Waals surface area (Å²) in [4.78, 5) is 24.9. The Hall–Kier alpha value is -2.33. The Morgan fingerprint density at radius 2 is 1.48 bits per heavy atom. The van der Waals surface area contributed by atoms with Crippen molar-refractivity contribution in [2.75, 3.05) is 0 Å². The van der Waals surface area contributed by atoms with Gasteiger partial charge in [0, 0.05) is 18.1 Å². The van der Waals surface area contributed by atoms with Crippen molar-refractivity contribution in [2.24, 2.45) is 5.41 Å². The first-order valence-corrected chi connectivity index (χ1v) is 8.54. The number of hydrogen-bond donors (Lipinski definition) is 2. The van der Waals surface area contributed by atoms with E-state index in [1.807, 2.05) is 43.3 Å². The van der Waals surface area contributed by atoms with Crippen LogP contribution in [0.2, 0.25) is 5.02 Å². The molecule has 0 aromatic heterocycles. The summed E-state index contributed by atoms with van der Waals surface area (Å²) in [6.45, 7) is 5.99. The van der Waals surface area contributed by atoms with Gasteiger partial charge in [0.05, 0.1) is 0 Å². The van der Waals surface area contributed by atoms with E-state index in [-0.39, 0.29) is 11.8 Å². The molecule has 0 unspecified atom stereocenters. The Bertz CT molecular complexity index is 755. The van der Waals surface area contributed by atoms with Crippen molar-refractivity contribution in [3.05, 3.63) is 70.2 Å². The molecule has 0 aliphatic carbocycles. The summed E-state index contributed by atoms with van der Waals surface area (Å²) >= 11 is 5.84. The number of aryl methyl sites for hydroxylation is 1. The second kappa shape index (κ2) is 8.17. The molecule has 5 heteroatoms. The minimum atomic E-state index is -1.16. The average Bonchev–Trinajstić information content (AvgIpc) is 2.59. The van der Waals surface area contributed by atoms with Crippen LogP contribution in [-0.2, 0) is 22.7 Å². The first-order chi connectivity index (χ1) is 11.8. The number of amides is 2. The Kier molecular flexibility index (Phi) is 6.21. The van der Waals surface area contributed by atoms with E-state index in [0.29, 0.717) is 18.1 Å². The molecule has 0 spiro atoms. The van der Waals surface area contributed by atoms with Gasteiger partial charge in [0.2, 0.25) is 11.8 Å². The number of nitrogens with one attached hydrogen (secondary N) is 2. The molecule has 132 valence electrons. The van der Waals surface area contributed by atoms with Gasteiger partial charge in [-0.2, -0.15) is 0 Å². The highest BCUT2D eigenvalue weighted by molar-refractivity contribution is 6.30. The van der Waals surface area contributed by atoms with Gasteiger partial charge in [0.25, 0.3) is 0 Å². The van der Waals surface area contributed by atoms with E-state index in [4.69, 9.17) is 11.6 Å². The Morgan fingerprint density at radius 3 is 2.08 bits per heavy atom. The maximum atomic E-state index is 12.5. The van der Waals surface area contributed by atoms with Crippen molar-refractivity contribution in [3.63, 3.8) is 0 Å². The number of carbonyl (C=O) groups excluding carboxylic acids is 2. The topological polar surface area (TPSA) is 58.2 Å². The van der Waals surface area contributed by atoms with Crippen molar-refractivity contribution in [1.82, 2.24) is 10.6 Å². The molecule has 2 N–H and O–H groups in total. The van der Waals surface area contributed by atoms with Crippen LogP contribution in [0.4, 0.5) is 0 Å². The van der Waals surface area contributed by atoms with Crippen molar-refractivity contribution in [2.45, 2.75) is 33.9 Å². The van der Waals surface area contributed by atoms with Gasteiger partial charge in [-0.05, 0) is 49.6 Å². The fourth-order valence-corrected chi connectivity index (χ4v) is 2.44. The normalized spacial score (nSPS) is 11.0. The Balaban J connectivity index is 1.91. The highest BCUT2D eigenvalue weighted by atomic mass is 35.5.